The van der Waals surface area contributed by atoms with Gasteiger partial charge in [-0.3, -0.25) is 14.4 Å². The second-order valence-corrected chi connectivity index (χ2v) is 8.08. The smallest absolute Gasteiger partial charge is 0.255 e. The van der Waals surface area contributed by atoms with Crippen molar-refractivity contribution in [2.45, 2.75) is 44.4 Å². The molecule has 1 amide bonds. The lowest BCUT2D eigenvalue weighted by Gasteiger charge is -2.40. The second-order valence-electron chi connectivity index (χ2n) is 8.08. The average molecular weight is 393 g/mol. The van der Waals surface area contributed by atoms with Crippen LogP contribution >= 0.6 is 0 Å². The molecule has 7 heteroatoms. The molecule has 29 heavy (non-hydrogen) atoms. The summed E-state index contributed by atoms with van der Waals surface area (Å²) in [5, 5.41) is 24.6. The summed E-state index contributed by atoms with van der Waals surface area (Å²) in [7, 11) is 0. The molecule has 0 unspecified atom stereocenters. The second kappa shape index (κ2) is 8.36. The summed E-state index contributed by atoms with van der Waals surface area (Å²) in [6.07, 6.45) is 2.97. The fourth-order valence-corrected chi connectivity index (χ4v) is 4.42. The first-order valence-corrected chi connectivity index (χ1v) is 10.3. The van der Waals surface area contributed by atoms with Crippen molar-refractivity contribution in [2.75, 3.05) is 26.2 Å². The van der Waals surface area contributed by atoms with Crippen molar-refractivity contribution in [1.82, 2.24) is 19.6 Å². The van der Waals surface area contributed by atoms with E-state index in [0.717, 1.165) is 38.0 Å². The van der Waals surface area contributed by atoms with Gasteiger partial charge < -0.3 is 10.0 Å². The summed E-state index contributed by atoms with van der Waals surface area (Å²) < 4.78 is 1.87. The standard InChI is InChI=1S/C22H27N5O2/c23-15-19-14-20-16-25(10-5-12-27(20)24-19)17-22(29)9-4-11-26(21(22)28)13-8-18-6-2-1-3-7-18/h1-3,6-7,14,29H,4-5,8-13,16-17H2/t22-/m0/s1. The van der Waals surface area contributed by atoms with Crippen LogP contribution in [0.3, 0.4) is 0 Å². The zero-order chi connectivity index (χ0) is 20.3. The van der Waals surface area contributed by atoms with Crippen LogP contribution in [-0.4, -0.2) is 62.4 Å². The minimum Gasteiger partial charge on any atom is -0.379 e. The predicted octanol–water partition coefficient (Wildman–Crippen LogP) is 1.56. The van der Waals surface area contributed by atoms with Gasteiger partial charge in [0.15, 0.2) is 11.3 Å². The van der Waals surface area contributed by atoms with E-state index in [1.54, 1.807) is 6.07 Å². The van der Waals surface area contributed by atoms with Crippen LogP contribution in [0.5, 0.6) is 0 Å². The Kier molecular flexibility index (Phi) is 5.65. The van der Waals surface area contributed by atoms with Gasteiger partial charge in [0.05, 0.1) is 5.69 Å². The molecule has 1 aromatic carbocycles. The van der Waals surface area contributed by atoms with Crippen LogP contribution in [0, 0.1) is 11.3 Å². The van der Waals surface area contributed by atoms with Gasteiger partial charge in [0.2, 0.25) is 0 Å². The van der Waals surface area contributed by atoms with Gasteiger partial charge in [-0.1, -0.05) is 30.3 Å². The minimum absolute atomic E-state index is 0.157. The van der Waals surface area contributed by atoms with Gasteiger partial charge in [0, 0.05) is 39.3 Å². The van der Waals surface area contributed by atoms with Gasteiger partial charge in [-0.2, -0.15) is 10.4 Å². The van der Waals surface area contributed by atoms with Crippen LogP contribution in [0.2, 0.25) is 0 Å². The number of amides is 1. The van der Waals surface area contributed by atoms with Gasteiger partial charge in [-0.05, 0) is 37.3 Å². The number of hydrogen-bond acceptors (Lipinski definition) is 5. The van der Waals surface area contributed by atoms with Crippen molar-refractivity contribution in [3.05, 3.63) is 53.3 Å². The fraction of sp³-hybridized carbons (Fsp3) is 0.500. The Hall–Kier alpha value is -2.69. The van der Waals surface area contributed by atoms with E-state index in [0.29, 0.717) is 38.3 Å². The summed E-state index contributed by atoms with van der Waals surface area (Å²) in [5.41, 5.74) is 1.24. The maximum atomic E-state index is 13.1. The lowest BCUT2D eigenvalue weighted by molar-refractivity contribution is -0.159. The Balaban J connectivity index is 1.41. The predicted molar refractivity (Wildman–Crippen MR) is 108 cm³/mol. The number of rotatable bonds is 5. The molecule has 0 radical (unpaired) electrons. The lowest BCUT2D eigenvalue weighted by atomic mass is 9.90. The summed E-state index contributed by atoms with van der Waals surface area (Å²) in [6.45, 7) is 3.79. The number of aryl methyl sites for hydroxylation is 1. The molecule has 0 aliphatic carbocycles. The summed E-state index contributed by atoms with van der Waals surface area (Å²) in [6, 6.07) is 14.0. The van der Waals surface area contributed by atoms with Gasteiger partial charge in [-0.15, -0.1) is 0 Å². The lowest BCUT2D eigenvalue weighted by Crippen LogP contribution is -2.58. The largest absolute Gasteiger partial charge is 0.379 e. The first kappa shape index (κ1) is 19.6. The van der Waals surface area contributed by atoms with E-state index in [-0.39, 0.29) is 5.91 Å². The third-order valence-corrected chi connectivity index (χ3v) is 5.91. The molecule has 1 saturated heterocycles. The van der Waals surface area contributed by atoms with E-state index in [2.05, 4.69) is 28.2 Å². The first-order chi connectivity index (χ1) is 14.1. The third-order valence-electron chi connectivity index (χ3n) is 5.91. The number of nitriles is 1. The summed E-state index contributed by atoms with van der Waals surface area (Å²) in [4.78, 5) is 17.0. The van der Waals surface area contributed by atoms with Crippen molar-refractivity contribution in [2.24, 2.45) is 0 Å². The number of hydrogen-bond donors (Lipinski definition) is 1. The Morgan fingerprint density at radius 3 is 2.79 bits per heavy atom. The van der Waals surface area contributed by atoms with Crippen LogP contribution < -0.4 is 0 Å². The molecule has 7 nitrogen and oxygen atoms in total. The molecule has 1 atom stereocenters. The number of carbonyl (C=O) groups excluding carboxylic acids is 1. The molecule has 4 rings (SSSR count). The highest BCUT2D eigenvalue weighted by molar-refractivity contribution is 5.86. The number of benzene rings is 1. The molecule has 2 aromatic rings. The number of nitrogens with zero attached hydrogens (tertiary/aromatic N) is 5. The number of likely N-dealkylation sites (tertiary alicyclic amines) is 1. The van der Waals surface area contributed by atoms with Crippen molar-refractivity contribution in [1.29, 1.82) is 5.26 Å². The topological polar surface area (TPSA) is 85.4 Å². The van der Waals surface area contributed by atoms with Crippen molar-refractivity contribution in [3.8, 4) is 6.07 Å². The number of piperidine rings is 1. The molecule has 2 aliphatic heterocycles. The van der Waals surface area contributed by atoms with Crippen LogP contribution in [0.1, 0.15) is 36.2 Å². The maximum absolute atomic E-state index is 13.1. The summed E-state index contributed by atoms with van der Waals surface area (Å²) >= 11 is 0. The van der Waals surface area contributed by atoms with Gasteiger partial charge in [-0.25, -0.2) is 0 Å². The van der Waals surface area contributed by atoms with Crippen LogP contribution in [-0.2, 0) is 24.3 Å². The molecule has 152 valence electrons. The highest BCUT2D eigenvalue weighted by atomic mass is 16.3. The van der Waals surface area contributed by atoms with E-state index in [1.807, 2.05) is 27.8 Å². The maximum Gasteiger partial charge on any atom is 0.255 e. The molecular weight excluding hydrogens is 366 g/mol. The number of fused-ring (bicyclic) bond motifs is 1. The average Bonchev–Trinajstić information content (AvgIpc) is 3.02. The molecule has 1 fully saturated rings. The third kappa shape index (κ3) is 4.34. The Bertz CT molecular complexity index is 904. The number of aromatic nitrogens is 2. The zero-order valence-corrected chi connectivity index (χ0v) is 16.6. The first-order valence-electron chi connectivity index (χ1n) is 10.3. The van der Waals surface area contributed by atoms with Crippen molar-refractivity contribution >= 4 is 5.91 Å². The molecule has 0 bridgehead atoms. The number of β-amino-alcohol motifs (C(OH)–C–C–N with tert-alkyl or cyclic N) is 1. The van der Waals surface area contributed by atoms with E-state index in [9.17, 15) is 9.90 Å². The van der Waals surface area contributed by atoms with E-state index >= 15 is 0 Å². The van der Waals surface area contributed by atoms with Crippen LogP contribution in [0.15, 0.2) is 36.4 Å². The zero-order valence-electron chi connectivity index (χ0n) is 16.6. The number of aliphatic hydroxyl groups is 1. The highest BCUT2D eigenvalue weighted by Crippen LogP contribution is 2.26. The Morgan fingerprint density at radius 1 is 1.17 bits per heavy atom. The Morgan fingerprint density at radius 2 is 2.00 bits per heavy atom. The Labute approximate surface area is 171 Å². The van der Waals surface area contributed by atoms with Crippen LogP contribution in [0.4, 0.5) is 0 Å². The molecule has 2 aliphatic rings. The van der Waals surface area contributed by atoms with Gasteiger partial charge >= 0.3 is 0 Å². The van der Waals surface area contributed by atoms with Gasteiger partial charge in [0.25, 0.3) is 5.91 Å². The van der Waals surface area contributed by atoms with Crippen molar-refractivity contribution in [3.63, 3.8) is 0 Å². The normalized spacial score (nSPS) is 22.8. The molecule has 1 aromatic heterocycles. The quantitative estimate of drug-likeness (QED) is 0.833. The molecule has 0 saturated carbocycles. The van der Waals surface area contributed by atoms with E-state index < -0.39 is 5.60 Å². The summed E-state index contributed by atoms with van der Waals surface area (Å²) in [5.74, 6) is -0.157. The molecule has 3 heterocycles. The van der Waals surface area contributed by atoms with E-state index in [1.165, 1.54) is 5.56 Å². The van der Waals surface area contributed by atoms with Gasteiger partial charge in [0.1, 0.15) is 6.07 Å². The molecule has 0 spiro atoms. The van der Waals surface area contributed by atoms with E-state index in [4.69, 9.17) is 5.26 Å². The molecular formula is C22H27N5O2. The fourth-order valence-electron chi connectivity index (χ4n) is 4.42. The number of carbonyl (C=O) groups is 1. The SMILES string of the molecule is N#Cc1cc2n(n1)CCCN(C[C@@]1(O)CCCN(CCc3ccccc3)C1=O)C2. The van der Waals surface area contributed by atoms with Crippen LogP contribution in [0.25, 0.3) is 0 Å². The minimum atomic E-state index is -1.35. The molecule has 1 N–H and O–H groups in total. The monoisotopic (exact) mass is 393 g/mol. The highest BCUT2D eigenvalue weighted by Gasteiger charge is 2.43. The van der Waals surface area contributed by atoms with Crippen molar-refractivity contribution < 1.29 is 9.90 Å².